The molecule has 2 amide bonds. The molecule has 214 valence electrons. The van der Waals surface area contributed by atoms with Gasteiger partial charge in [0, 0.05) is 13.1 Å². The number of carbonyl (C=O) groups excluding carboxylic acids is 2. The zero-order valence-corrected chi connectivity index (χ0v) is 25.2. The molecule has 0 spiro atoms. The summed E-state index contributed by atoms with van der Waals surface area (Å²) in [7, 11) is -4.09. The average Bonchev–Trinajstić information content (AvgIpc) is 2.90. The van der Waals surface area contributed by atoms with Gasteiger partial charge in [0.2, 0.25) is 11.8 Å². The highest BCUT2D eigenvalue weighted by atomic mass is 32.2. The lowest BCUT2D eigenvalue weighted by molar-refractivity contribution is -0.140. The summed E-state index contributed by atoms with van der Waals surface area (Å²) in [5.41, 5.74) is 3.95. The van der Waals surface area contributed by atoms with Crippen LogP contribution in [-0.4, -0.2) is 44.3 Å². The molecule has 3 aromatic rings. The number of hydrogen-bond acceptors (Lipinski definition) is 4. The van der Waals surface area contributed by atoms with E-state index in [4.69, 9.17) is 0 Å². The molecule has 1 atom stereocenters. The van der Waals surface area contributed by atoms with Crippen molar-refractivity contribution in [3.63, 3.8) is 0 Å². The van der Waals surface area contributed by atoms with Gasteiger partial charge < -0.3 is 10.2 Å². The Morgan fingerprint density at radius 2 is 1.45 bits per heavy atom. The number of sulfonamides is 1. The molecule has 0 heterocycles. The molecular weight excluding hydrogens is 522 g/mol. The minimum Gasteiger partial charge on any atom is -0.354 e. The van der Waals surface area contributed by atoms with Gasteiger partial charge in [-0.3, -0.25) is 13.9 Å². The fourth-order valence-electron chi connectivity index (χ4n) is 4.58. The summed E-state index contributed by atoms with van der Waals surface area (Å²) < 4.78 is 29.2. The van der Waals surface area contributed by atoms with Crippen LogP contribution in [0.4, 0.5) is 5.69 Å². The van der Waals surface area contributed by atoms with Gasteiger partial charge in [-0.2, -0.15) is 0 Å². The summed E-state index contributed by atoms with van der Waals surface area (Å²) in [4.78, 5) is 29.0. The smallest absolute Gasteiger partial charge is 0.264 e. The van der Waals surface area contributed by atoms with Crippen molar-refractivity contribution in [3.05, 3.63) is 95.1 Å². The van der Waals surface area contributed by atoms with Crippen LogP contribution in [0.25, 0.3) is 0 Å². The van der Waals surface area contributed by atoms with Crippen molar-refractivity contribution in [2.45, 2.75) is 65.4 Å². The van der Waals surface area contributed by atoms with Crippen LogP contribution in [0.2, 0.25) is 0 Å². The van der Waals surface area contributed by atoms with Crippen LogP contribution in [0.5, 0.6) is 0 Å². The van der Waals surface area contributed by atoms with Gasteiger partial charge in [0.25, 0.3) is 10.0 Å². The number of amides is 2. The number of hydrogen-bond donors (Lipinski definition) is 1. The SMILES string of the molecule is CC[C@H](C(=O)NCC(C)C)N(Cc1ccccc1)C(=O)CN(c1cc(C)cc(C)c1)S(=O)(=O)c1ccc(C)cc1. The maximum absolute atomic E-state index is 14.1. The number of nitrogens with one attached hydrogen (secondary N) is 1. The maximum Gasteiger partial charge on any atom is 0.264 e. The van der Waals surface area contributed by atoms with Crippen LogP contribution in [-0.2, 0) is 26.2 Å². The topological polar surface area (TPSA) is 86.8 Å². The molecule has 40 heavy (non-hydrogen) atoms. The highest BCUT2D eigenvalue weighted by Gasteiger charge is 2.33. The van der Waals surface area contributed by atoms with E-state index >= 15 is 0 Å². The van der Waals surface area contributed by atoms with Gasteiger partial charge in [-0.25, -0.2) is 8.42 Å². The van der Waals surface area contributed by atoms with Gasteiger partial charge in [-0.1, -0.05) is 74.9 Å². The second-order valence-corrected chi connectivity index (χ2v) is 12.6. The van der Waals surface area contributed by atoms with E-state index < -0.39 is 28.5 Å². The average molecular weight is 564 g/mol. The van der Waals surface area contributed by atoms with E-state index in [0.29, 0.717) is 18.7 Å². The van der Waals surface area contributed by atoms with Crippen LogP contribution in [0, 0.1) is 26.7 Å². The first-order valence-corrected chi connectivity index (χ1v) is 15.1. The molecule has 0 aromatic heterocycles. The molecule has 0 aliphatic rings. The largest absolute Gasteiger partial charge is 0.354 e. The minimum absolute atomic E-state index is 0.0985. The van der Waals surface area contributed by atoms with Crippen molar-refractivity contribution in [1.82, 2.24) is 10.2 Å². The number of carbonyl (C=O) groups is 2. The summed E-state index contributed by atoms with van der Waals surface area (Å²) in [5, 5.41) is 2.95. The maximum atomic E-state index is 14.1. The normalized spacial score (nSPS) is 12.2. The van der Waals surface area contributed by atoms with Crippen molar-refractivity contribution in [2.24, 2.45) is 5.92 Å². The summed E-state index contributed by atoms with van der Waals surface area (Å²) in [5.74, 6) is -0.454. The fraction of sp³-hybridized carbons (Fsp3) is 0.375. The molecule has 3 rings (SSSR count). The molecule has 3 aromatic carbocycles. The second-order valence-electron chi connectivity index (χ2n) is 10.7. The van der Waals surface area contributed by atoms with Crippen molar-refractivity contribution < 1.29 is 18.0 Å². The molecule has 7 nitrogen and oxygen atoms in total. The third-order valence-electron chi connectivity index (χ3n) is 6.65. The molecule has 0 aliphatic heterocycles. The Kier molecular flexibility index (Phi) is 10.5. The van der Waals surface area contributed by atoms with Crippen LogP contribution < -0.4 is 9.62 Å². The van der Waals surface area contributed by atoms with E-state index in [9.17, 15) is 18.0 Å². The standard InChI is InChI=1S/C32H41N3O4S/c1-7-30(32(37)33-20-23(2)3)34(21-27-11-9-8-10-12-27)31(36)22-35(28-18-25(5)17-26(6)19-28)40(38,39)29-15-13-24(4)14-16-29/h8-19,23,30H,7,20-22H2,1-6H3,(H,33,37)/t30-/m1/s1. The molecule has 0 saturated heterocycles. The van der Waals surface area contributed by atoms with E-state index in [0.717, 1.165) is 26.6 Å². The van der Waals surface area contributed by atoms with E-state index in [1.54, 1.807) is 36.4 Å². The number of anilines is 1. The highest BCUT2D eigenvalue weighted by molar-refractivity contribution is 7.92. The molecule has 1 N–H and O–H groups in total. The first-order valence-electron chi connectivity index (χ1n) is 13.7. The predicted molar refractivity (Wildman–Crippen MR) is 161 cm³/mol. The Balaban J connectivity index is 2.06. The van der Waals surface area contributed by atoms with Gasteiger partial charge in [-0.05, 0) is 74.1 Å². The second kappa shape index (κ2) is 13.6. The number of rotatable bonds is 12. The Hall–Kier alpha value is -3.65. The molecule has 0 saturated carbocycles. The molecule has 0 fully saturated rings. The summed E-state index contributed by atoms with van der Waals surface area (Å²) >= 11 is 0. The van der Waals surface area contributed by atoms with Crippen molar-refractivity contribution >= 4 is 27.5 Å². The van der Waals surface area contributed by atoms with E-state index in [1.807, 2.05) is 77.9 Å². The third kappa shape index (κ3) is 7.94. The molecule has 0 aliphatic carbocycles. The molecule has 0 bridgehead atoms. The van der Waals surface area contributed by atoms with Gasteiger partial charge in [0.05, 0.1) is 10.6 Å². The lowest BCUT2D eigenvalue weighted by Gasteiger charge is -2.33. The molecular formula is C32H41N3O4S. The fourth-order valence-corrected chi connectivity index (χ4v) is 5.98. The third-order valence-corrected chi connectivity index (χ3v) is 8.44. The van der Waals surface area contributed by atoms with Gasteiger partial charge in [0.1, 0.15) is 12.6 Å². The lowest BCUT2D eigenvalue weighted by Crippen LogP contribution is -2.52. The summed E-state index contributed by atoms with van der Waals surface area (Å²) in [6.45, 7) is 11.8. The van der Waals surface area contributed by atoms with Crippen LogP contribution in [0.3, 0.4) is 0 Å². The van der Waals surface area contributed by atoms with Crippen molar-refractivity contribution in [1.29, 1.82) is 0 Å². The van der Waals surface area contributed by atoms with Crippen LogP contribution in [0.15, 0.2) is 77.7 Å². The van der Waals surface area contributed by atoms with E-state index in [2.05, 4.69) is 5.32 Å². The van der Waals surface area contributed by atoms with Gasteiger partial charge in [-0.15, -0.1) is 0 Å². The zero-order valence-electron chi connectivity index (χ0n) is 24.3. The molecule has 8 heteroatoms. The number of nitrogens with zero attached hydrogens (tertiary/aromatic N) is 2. The highest BCUT2D eigenvalue weighted by Crippen LogP contribution is 2.27. The summed E-state index contributed by atoms with van der Waals surface area (Å²) in [6.07, 6.45) is 0.386. The number of aryl methyl sites for hydroxylation is 3. The predicted octanol–water partition coefficient (Wildman–Crippen LogP) is 5.39. The Bertz CT molecular complexity index is 1380. The minimum atomic E-state index is -4.09. The first kappa shape index (κ1) is 30.9. The van der Waals surface area contributed by atoms with Crippen molar-refractivity contribution in [3.8, 4) is 0 Å². The van der Waals surface area contributed by atoms with Crippen LogP contribution >= 0.6 is 0 Å². The Morgan fingerprint density at radius 1 is 0.850 bits per heavy atom. The quantitative estimate of drug-likeness (QED) is 0.320. The van der Waals surface area contributed by atoms with E-state index in [1.165, 1.54) is 4.90 Å². The summed E-state index contributed by atoms with van der Waals surface area (Å²) in [6, 6.07) is 20.7. The zero-order chi connectivity index (χ0) is 29.4. The molecule has 0 unspecified atom stereocenters. The first-order chi connectivity index (χ1) is 18.9. The van der Waals surface area contributed by atoms with Gasteiger partial charge >= 0.3 is 0 Å². The van der Waals surface area contributed by atoms with Crippen molar-refractivity contribution in [2.75, 3.05) is 17.4 Å². The Morgan fingerprint density at radius 3 is 2.00 bits per heavy atom. The Labute approximate surface area is 239 Å². The monoisotopic (exact) mass is 563 g/mol. The van der Waals surface area contributed by atoms with E-state index in [-0.39, 0.29) is 23.3 Å². The van der Waals surface area contributed by atoms with Gasteiger partial charge in [0.15, 0.2) is 0 Å². The van der Waals surface area contributed by atoms with Crippen LogP contribution in [0.1, 0.15) is 49.4 Å². The number of benzene rings is 3. The lowest BCUT2D eigenvalue weighted by atomic mass is 10.1. The molecule has 0 radical (unpaired) electrons.